The number of rotatable bonds is 3. The molecular formula is C23H32N6O3. The monoisotopic (exact) mass is 440 g/mol. The van der Waals surface area contributed by atoms with Crippen molar-refractivity contribution < 1.29 is 14.3 Å². The van der Waals surface area contributed by atoms with Crippen LogP contribution in [-0.4, -0.2) is 80.8 Å². The van der Waals surface area contributed by atoms with Crippen molar-refractivity contribution in [2.24, 2.45) is 7.05 Å². The molecule has 172 valence electrons. The van der Waals surface area contributed by atoms with E-state index in [1.165, 1.54) is 0 Å². The first-order valence-electron chi connectivity index (χ1n) is 11.2. The Balaban J connectivity index is 1.45. The summed E-state index contributed by atoms with van der Waals surface area (Å²) in [5, 5.41) is 4.53. The van der Waals surface area contributed by atoms with Crippen LogP contribution in [0.15, 0.2) is 12.3 Å². The zero-order chi connectivity index (χ0) is 23.0. The minimum Gasteiger partial charge on any atom is -0.378 e. The first-order chi connectivity index (χ1) is 15.1. The summed E-state index contributed by atoms with van der Waals surface area (Å²) in [5.74, 6) is 0.678. The van der Waals surface area contributed by atoms with Gasteiger partial charge in [-0.2, -0.15) is 5.10 Å². The van der Waals surface area contributed by atoms with Crippen LogP contribution in [0.25, 0.3) is 0 Å². The molecule has 0 saturated carbocycles. The number of ether oxygens (including phenoxy) is 1. The van der Waals surface area contributed by atoms with E-state index in [0.717, 1.165) is 12.1 Å². The molecule has 0 aromatic carbocycles. The maximum atomic E-state index is 13.1. The summed E-state index contributed by atoms with van der Waals surface area (Å²) in [7, 11) is 1.81. The van der Waals surface area contributed by atoms with E-state index in [4.69, 9.17) is 4.74 Å². The van der Waals surface area contributed by atoms with E-state index < -0.39 is 0 Å². The third-order valence-corrected chi connectivity index (χ3v) is 6.23. The smallest absolute Gasteiger partial charge is 0.272 e. The van der Waals surface area contributed by atoms with Gasteiger partial charge in [0.15, 0.2) is 0 Å². The van der Waals surface area contributed by atoms with Crippen molar-refractivity contribution in [2.45, 2.75) is 45.4 Å². The van der Waals surface area contributed by atoms with E-state index in [0.29, 0.717) is 62.2 Å². The van der Waals surface area contributed by atoms with Gasteiger partial charge in [0.05, 0.1) is 30.2 Å². The average molecular weight is 441 g/mol. The van der Waals surface area contributed by atoms with Crippen LogP contribution < -0.4 is 0 Å². The number of hydrogen-bond acceptors (Lipinski definition) is 6. The van der Waals surface area contributed by atoms with Gasteiger partial charge >= 0.3 is 0 Å². The van der Waals surface area contributed by atoms with Gasteiger partial charge in [0.25, 0.3) is 11.8 Å². The SMILES string of the molecule is Cc1nc(C2CCN(C(=O)c3cc(C(C)(C)C)nn3C)C2)ncc1C(=O)N1CCOCC1. The molecule has 0 spiro atoms. The lowest BCUT2D eigenvalue weighted by atomic mass is 9.92. The molecule has 2 amide bonds. The topological polar surface area (TPSA) is 93.5 Å². The van der Waals surface area contributed by atoms with E-state index in [1.807, 2.05) is 24.9 Å². The highest BCUT2D eigenvalue weighted by molar-refractivity contribution is 5.95. The predicted octanol–water partition coefficient (Wildman–Crippen LogP) is 1.92. The molecule has 4 heterocycles. The van der Waals surface area contributed by atoms with Crippen LogP contribution in [0.2, 0.25) is 0 Å². The Morgan fingerprint density at radius 3 is 2.44 bits per heavy atom. The van der Waals surface area contributed by atoms with Gasteiger partial charge < -0.3 is 14.5 Å². The van der Waals surface area contributed by atoms with Gasteiger partial charge in [0.2, 0.25) is 0 Å². The molecule has 0 aliphatic carbocycles. The molecule has 32 heavy (non-hydrogen) atoms. The van der Waals surface area contributed by atoms with Crippen molar-refractivity contribution in [1.29, 1.82) is 0 Å². The molecule has 1 atom stereocenters. The Morgan fingerprint density at radius 1 is 1.09 bits per heavy atom. The Bertz CT molecular complexity index is 1020. The largest absolute Gasteiger partial charge is 0.378 e. The summed E-state index contributed by atoms with van der Waals surface area (Å²) in [6.07, 6.45) is 2.43. The van der Waals surface area contributed by atoms with Crippen LogP contribution in [0, 0.1) is 6.92 Å². The fourth-order valence-corrected chi connectivity index (χ4v) is 4.18. The number of morpholine rings is 1. The van der Waals surface area contributed by atoms with Crippen LogP contribution in [-0.2, 0) is 17.2 Å². The molecule has 4 rings (SSSR count). The molecule has 0 radical (unpaired) electrons. The molecule has 2 aliphatic rings. The second-order valence-electron chi connectivity index (χ2n) is 9.66. The molecule has 2 aromatic heterocycles. The van der Waals surface area contributed by atoms with Gasteiger partial charge in [-0.25, -0.2) is 9.97 Å². The minimum atomic E-state index is -0.115. The van der Waals surface area contributed by atoms with Gasteiger partial charge in [-0.1, -0.05) is 20.8 Å². The van der Waals surface area contributed by atoms with E-state index in [2.05, 4.69) is 35.8 Å². The highest BCUT2D eigenvalue weighted by atomic mass is 16.5. The number of carbonyl (C=O) groups is 2. The molecule has 9 nitrogen and oxygen atoms in total. The van der Waals surface area contributed by atoms with Gasteiger partial charge in [-0.05, 0) is 19.4 Å². The Morgan fingerprint density at radius 2 is 1.81 bits per heavy atom. The van der Waals surface area contributed by atoms with Gasteiger partial charge in [0, 0.05) is 50.8 Å². The predicted molar refractivity (Wildman–Crippen MR) is 119 cm³/mol. The molecule has 2 aromatic rings. The fraction of sp³-hybridized carbons (Fsp3) is 0.609. The average Bonchev–Trinajstić information content (AvgIpc) is 3.40. The first-order valence-corrected chi connectivity index (χ1v) is 11.2. The maximum Gasteiger partial charge on any atom is 0.272 e. The molecule has 1 unspecified atom stereocenters. The van der Waals surface area contributed by atoms with Crippen LogP contribution in [0.5, 0.6) is 0 Å². The van der Waals surface area contributed by atoms with Crippen molar-refractivity contribution in [3.8, 4) is 0 Å². The summed E-state index contributed by atoms with van der Waals surface area (Å²) >= 11 is 0. The van der Waals surface area contributed by atoms with Crippen molar-refractivity contribution in [2.75, 3.05) is 39.4 Å². The standard InChI is InChI=1S/C23H32N6O3/c1-15-17(21(30)28-8-10-32-11-9-28)13-24-20(25-15)16-6-7-29(14-16)22(31)18-12-19(23(2,3)4)26-27(18)5/h12-13,16H,6-11,14H2,1-5H3. The summed E-state index contributed by atoms with van der Waals surface area (Å²) < 4.78 is 7.00. The lowest BCUT2D eigenvalue weighted by molar-refractivity contribution is 0.0301. The normalized spacial score (nSPS) is 19.5. The van der Waals surface area contributed by atoms with Crippen LogP contribution in [0.1, 0.15) is 71.2 Å². The maximum absolute atomic E-state index is 13.1. The molecule has 9 heteroatoms. The number of carbonyl (C=O) groups excluding carboxylic acids is 2. The van der Waals surface area contributed by atoms with Crippen molar-refractivity contribution in [3.05, 3.63) is 40.7 Å². The van der Waals surface area contributed by atoms with Gasteiger partial charge in [0.1, 0.15) is 11.5 Å². The molecule has 2 aliphatic heterocycles. The zero-order valence-electron chi connectivity index (χ0n) is 19.6. The quantitative estimate of drug-likeness (QED) is 0.724. The van der Waals surface area contributed by atoms with Crippen molar-refractivity contribution >= 4 is 11.8 Å². The Kier molecular flexibility index (Phi) is 6.03. The zero-order valence-corrected chi connectivity index (χ0v) is 19.6. The van der Waals surface area contributed by atoms with E-state index in [-0.39, 0.29) is 23.1 Å². The number of aromatic nitrogens is 4. The summed E-state index contributed by atoms with van der Waals surface area (Å²) in [6, 6.07) is 1.89. The van der Waals surface area contributed by atoms with Crippen LogP contribution in [0.4, 0.5) is 0 Å². The van der Waals surface area contributed by atoms with E-state index in [9.17, 15) is 9.59 Å². The second-order valence-corrected chi connectivity index (χ2v) is 9.66. The first kappa shape index (κ1) is 22.4. The van der Waals surface area contributed by atoms with Crippen LogP contribution in [0.3, 0.4) is 0 Å². The number of aryl methyl sites for hydroxylation is 2. The fourth-order valence-electron chi connectivity index (χ4n) is 4.18. The molecular weight excluding hydrogens is 408 g/mol. The molecule has 0 N–H and O–H groups in total. The molecule has 2 fully saturated rings. The minimum absolute atomic E-state index is 0.0196. The lowest BCUT2D eigenvalue weighted by Gasteiger charge is -2.27. The van der Waals surface area contributed by atoms with Crippen LogP contribution >= 0.6 is 0 Å². The van der Waals surface area contributed by atoms with Crippen molar-refractivity contribution in [3.63, 3.8) is 0 Å². The number of amides is 2. The molecule has 0 bridgehead atoms. The summed E-state index contributed by atoms with van der Waals surface area (Å²) in [5.41, 5.74) is 2.59. The Labute approximate surface area is 188 Å². The van der Waals surface area contributed by atoms with Crippen molar-refractivity contribution in [1.82, 2.24) is 29.5 Å². The van der Waals surface area contributed by atoms with Gasteiger partial charge in [-0.15, -0.1) is 0 Å². The van der Waals surface area contributed by atoms with Gasteiger partial charge in [-0.3, -0.25) is 14.3 Å². The summed E-state index contributed by atoms with van der Waals surface area (Å²) in [4.78, 5) is 38.7. The highest BCUT2D eigenvalue weighted by Crippen LogP contribution is 2.28. The van der Waals surface area contributed by atoms with E-state index in [1.54, 1.807) is 15.8 Å². The second kappa shape index (κ2) is 8.61. The molecule has 2 saturated heterocycles. The highest BCUT2D eigenvalue weighted by Gasteiger charge is 2.32. The third-order valence-electron chi connectivity index (χ3n) is 6.23. The summed E-state index contributed by atoms with van der Waals surface area (Å²) in [6.45, 7) is 11.6. The number of nitrogens with zero attached hydrogens (tertiary/aromatic N) is 6. The Hall–Kier alpha value is -2.81. The number of hydrogen-bond donors (Lipinski definition) is 0. The lowest BCUT2D eigenvalue weighted by Crippen LogP contribution is -2.41. The number of likely N-dealkylation sites (tertiary alicyclic amines) is 1. The third kappa shape index (κ3) is 4.39. The van der Waals surface area contributed by atoms with E-state index >= 15 is 0 Å².